The van der Waals surface area contributed by atoms with Gasteiger partial charge in [0.05, 0.1) is 27.2 Å². The molecule has 9 heteroatoms. The number of hydrogen-bond acceptors (Lipinski definition) is 7. The second kappa shape index (κ2) is 12.3. The van der Waals surface area contributed by atoms with Crippen LogP contribution in [0.4, 0.5) is 0 Å². The summed E-state index contributed by atoms with van der Waals surface area (Å²) in [7, 11) is 4.82. The van der Waals surface area contributed by atoms with E-state index in [-0.39, 0.29) is 41.8 Å². The molecule has 4 aliphatic heterocycles. The molecule has 10 rings (SSSR count). The number of nitrogens with zero attached hydrogens (tertiary/aromatic N) is 1. The van der Waals surface area contributed by atoms with Gasteiger partial charge in [0.2, 0.25) is 0 Å². The molecule has 4 fully saturated rings. The zero-order chi connectivity index (χ0) is 35.2. The van der Waals surface area contributed by atoms with Crippen LogP contribution in [-0.4, -0.2) is 79.9 Å². The van der Waals surface area contributed by atoms with Crippen LogP contribution in [0.15, 0.2) is 48.0 Å². The smallest absolute Gasteiger partial charge is 0.319 e. The van der Waals surface area contributed by atoms with Gasteiger partial charge in [0, 0.05) is 82.5 Å². The average molecular weight is 691 g/mol. The predicted octanol–water partition coefficient (Wildman–Crippen LogP) is 6.15. The lowest BCUT2D eigenvalue weighted by Gasteiger charge is -2.57. The summed E-state index contributed by atoms with van der Waals surface area (Å²) in [5.41, 5.74) is 8.42. The van der Waals surface area contributed by atoms with Crippen LogP contribution in [0, 0.1) is 23.7 Å². The zero-order valence-electron chi connectivity index (χ0n) is 30.4. The maximum atomic E-state index is 14.2. The average Bonchev–Trinajstić information content (AvgIpc) is 3.68. The number of H-pyrrole nitrogens is 2. The summed E-state index contributed by atoms with van der Waals surface area (Å²) in [5, 5.41) is 6.06. The molecule has 0 spiro atoms. The molecule has 2 aromatic heterocycles. The Bertz CT molecular complexity index is 2080. The van der Waals surface area contributed by atoms with E-state index in [2.05, 4.69) is 76.5 Å². The molecule has 0 amide bonds. The summed E-state index contributed by atoms with van der Waals surface area (Å²) < 4.78 is 17.5. The Morgan fingerprint density at radius 2 is 1.86 bits per heavy atom. The SMILES string of the molecule is C/C=C1/CN[C@H]2Cc3c([nH]c4ccccc34)[C@@H](c3cc4c5c([nH]c4cc3OC)[C@]3(C(=O)OC)C[C@H]4C[C@H](CC)[C@@H]3N(CC5)C4)C[C@@H]1[C@@H]2C(=O)OC. The molecule has 9 atom stereocenters. The first kappa shape index (κ1) is 32.8. The summed E-state index contributed by atoms with van der Waals surface area (Å²) in [6.45, 7) is 7.08. The molecule has 2 aliphatic carbocycles. The van der Waals surface area contributed by atoms with Gasteiger partial charge in [-0.3, -0.25) is 14.5 Å². The van der Waals surface area contributed by atoms with Crippen LogP contribution in [0.1, 0.15) is 73.5 Å². The monoisotopic (exact) mass is 690 g/mol. The Labute approximate surface area is 299 Å². The number of carbonyl (C=O) groups excluding carboxylic acids is 2. The molecule has 9 nitrogen and oxygen atoms in total. The minimum Gasteiger partial charge on any atom is -0.496 e. The van der Waals surface area contributed by atoms with Crippen LogP contribution in [0.3, 0.4) is 0 Å². The third kappa shape index (κ3) is 4.66. The number of allylic oxidation sites excluding steroid dienone is 1. The molecule has 0 radical (unpaired) electrons. The van der Waals surface area contributed by atoms with Crippen molar-refractivity contribution in [3.63, 3.8) is 0 Å². The molecule has 268 valence electrons. The Morgan fingerprint density at radius 1 is 1.02 bits per heavy atom. The van der Waals surface area contributed by atoms with E-state index in [1.165, 1.54) is 41.3 Å². The van der Waals surface area contributed by atoms with E-state index < -0.39 is 5.41 Å². The van der Waals surface area contributed by atoms with E-state index in [9.17, 15) is 9.59 Å². The summed E-state index contributed by atoms with van der Waals surface area (Å²) in [6.07, 6.45) is 7.54. The van der Waals surface area contributed by atoms with Crippen molar-refractivity contribution in [1.82, 2.24) is 20.2 Å². The topological polar surface area (TPSA) is 109 Å². The number of aromatic nitrogens is 2. The van der Waals surface area contributed by atoms with Gasteiger partial charge in [-0.2, -0.15) is 0 Å². The van der Waals surface area contributed by atoms with Crippen molar-refractivity contribution in [2.45, 2.75) is 75.8 Å². The minimum absolute atomic E-state index is 0.00169. The second-order valence-corrected chi connectivity index (χ2v) is 15.8. The Kier molecular flexibility index (Phi) is 7.89. The molecular formula is C42H50N4O5. The Morgan fingerprint density at radius 3 is 2.63 bits per heavy atom. The zero-order valence-corrected chi connectivity index (χ0v) is 30.4. The first-order valence-corrected chi connectivity index (χ1v) is 19.0. The number of fused-ring (bicyclic) bond motifs is 9. The summed E-state index contributed by atoms with van der Waals surface area (Å²) >= 11 is 0. The van der Waals surface area contributed by atoms with Crippen LogP contribution in [0.5, 0.6) is 5.75 Å². The van der Waals surface area contributed by atoms with E-state index >= 15 is 0 Å². The first-order valence-electron chi connectivity index (χ1n) is 19.0. The summed E-state index contributed by atoms with van der Waals surface area (Å²) in [6, 6.07) is 13.1. The molecule has 51 heavy (non-hydrogen) atoms. The lowest BCUT2D eigenvalue weighted by molar-refractivity contribution is -0.162. The van der Waals surface area contributed by atoms with Gasteiger partial charge in [0.15, 0.2) is 0 Å². The number of carbonyl (C=O) groups is 2. The Balaban J connectivity index is 1.27. The van der Waals surface area contributed by atoms with Gasteiger partial charge in [-0.1, -0.05) is 43.2 Å². The quantitative estimate of drug-likeness (QED) is 0.170. The molecular weight excluding hydrogens is 640 g/mol. The van der Waals surface area contributed by atoms with Crippen molar-refractivity contribution in [2.24, 2.45) is 23.7 Å². The van der Waals surface area contributed by atoms with Gasteiger partial charge < -0.3 is 29.5 Å². The van der Waals surface area contributed by atoms with Gasteiger partial charge in [0.25, 0.3) is 0 Å². The first-order chi connectivity index (χ1) is 24.8. The number of methoxy groups -OCH3 is 3. The molecule has 1 saturated carbocycles. The molecule has 6 aliphatic rings. The van der Waals surface area contributed by atoms with Gasteiger partial charge >= 0.3 is 11.9 Å². The number of hydrogen-bond donors (Lipinski definition) is 3. The standard InChI is InChI=1S/C42H50N4O5/c1-6-23-14-22-19-42(41(48)51-5)38-26(12-13-46(21-22)39(23)42)28-16-29(35(49-3)18-33(28)45-38)30-15-27-24(7-2)20-43-34(36(27)40(47)50-4)17-31-25-10-8-9-11-32(25)44-37(30)31/h7-11,16,18,22-23,27,30,34,36,39,43-45H,6,12-15,17,19-21H2,1-5H3/b24-7-/t22-,23+,27+,30-,34+,36+,39+,42-/m1/s1. The fraction of sp³-hybridized carbons (Fsp3) is 0.524. The van der Waals surface area contributed by atoms with Crippen molar-refractivity contribution >= 4 is 33.7 Å². The van der Waals surface area contributed by atoms with E-state index in [1.807, 2.05) is 0 Å². The fourth-order valence-corrected chi connectivity index (χ4v) is 11.7. The number of piperidine rings is 3. The third-order valence-corrected chi connectivity index (χ3v) is 13.7. The fourth-order valence-electron chi connectivity index (χ4n) is 11.7. The minimum atomic E-state index is -0.724. The van der Waals surface area contributed by atoms with Crippen molar-refractivity contribution in [3.05, 3.63) is 76.1 Å². The largest absolute Gasteiger partial charge is 0.496 e. The highest BCUT2D eigenvalue weighted by atomic mass is 16.5. The van der Waals surface area contributed by atoms with Gasteiger partial charge in [0.1, 0.15) is 11.2 Å². The van der Waals surface area contributed by atoms with Crippen LogP contribution in [-0.2, 0) is 37.3 Å². The van der Waals surface area contributed by atoms with Crippen molar-refractivity contribution < 1.29 is 23.8 Å². The van der Waals surface area contributed by atoms with Crippen LogP contribution >= 0.6 is 0 Å². The number of esters is 2. The van der Waals surface area contributed by atoms with Gasteiger partial charge in [-0.15, -0.1) is 0 Å². The molecule has 6 heterocycles. The predicted molar refractivity (Wildman–Crippen MR) is 197 cm³/mol. The van der Waals surface area contributed by atoms with Gasteiger partial charge in [-0.05, 0) is 80.0 Å². The van der Waals surface area contributed by atoms with Gasteiger partial charge in [-0.25, -0.2) is 0 Å². The third-order valence-electron chi connectivity index (χ3n) is 13.7. The lowest BCUT2D eigenvalue weighted by atomic mass is 9.56. The van der Waals surface area contributed by atoms with E-state index in [0.29, 0.717) is 18.3 Å². The number of aromatic amines is 2. The highest BCUT2D eigenvalue weighted by Gasteiger charge is 2.62. The van der Waals surface area contributed by atoms with E-state index in [1.54, 1.807) is 14.2 Å². The number of nitrogens with one attached hydrogen (secondary N) is 3. The van der Waals surface area contributed by atoms with Crippen LogP contribution < -0.4 is 10.1 Å². The van der Waals surface area contributed by atoms with Crippen molar-refractivity contribution in [2.75, 3.05) is 41.0 Å². The summed E-state index contributed by atoms with van der Waals surface area (Å²) in [5.74, 6) is 1.06. The number of para-hydroxylation sites is 1. The maximum absolute atomic E-state index is 14.2. The van der Waals surface area contributed by atoms with Crippen molar-refractivity contribution in [3.8, 4) is 5.75 Å². The second-order valence-electron chi connectivity index (χ2n) is 15.8. The lowest BCUT2D eigenvalue weighted by Crippen LogP contribution is -2.67. The van der Waals surface area contributed by atoms with E-state index in [0.717, 1.165) is 78.7 Å². The maximum Gasteiger partial charge on any atom is 0.319 e. The molecule has 4 aromatic rings. The van der Waals surface area contributed by atoms with E-state index in [4.69, 9.17) is 14.2 Å². The summed E-state index contributed by atoms with van der Waals surface area (Å²) in [4.78, 5) is 38.2. The highest BCUT2D eigenvalue weighted by Crippen LogP contribution is 2.56. The molecule has 6 bridgehead atoms. The number of benzene rings is 2. The Hall–Kier alpha value is -4.08. The van der Waals surface area contributed by atoms with Crippen LogP contribution in [0.2, 0.25) is 0 Å². The number of ether oxygens (including phenoxy) is 3. The molecule has 2 aromatic carbocycles. The molecule has 3 N–H and O–H groups in total. The van der Waals surface area contributed by atoms with Crippen molar-refractivity contribution in [1.29, 1.82) is 0 Å². The molecule has 3 saturated heterocycles. The normalized spacial score (nSPS) is 33.2. The highest BCUT2D eigenvalue weighted by molar-refractivity contribution is 5.93. The van der Waals surface area contributed by atoms with Crippen LogP contribution in [0.25, 0.3) is 21.8 Å². The number of rotatable bonds is 5. The molecule has 1 unspecified atom stereocenters.